The predicted molar refractivity (Wildman–Crippen MR) is 272 cm³/mol. The maximum Gasteiger partial charge on any atom is 0.311 e. The third kappa shape index (κ3) is 13.6. The Kier molecular flexibility index (Phi) is 18.7. The maximum atomic E-state index is 13.2. The lowest BCUT2D eigenvalue weighted by Gasteiger charge is -2.31. The van der Waals surface area contributed by atoms with Crippen LogP contribution in [0.4, 0.5) is 5.82 Å². The van der Waals surface area contributed by atoms with Gasteiger partial charge in [0.05, 0.1) is 30.1 Å². The number of aromatic nitrogens is 3. The molecule has 3 aromatic carbocycles. The summed E-state index contributed by atoms with van der Waals surface area (Å²) in [6.07, 6.45) is 17.7. The Balaban J connectivity index is 0.929. The van der Waals surface area contributed by atoms with Crippen molar-refractivity contribution < 1.29 is 23.9 Å². The first-order valence-corrected chi connectivity index (χ1v) is 25.4. The van der Waals surface area contributed by atoms with Crippen LogP contribution in [-0.4, -0.2) is 56.9 Å². The summed E-state index contributed by atoms with van der Waals surface area (Å²) in [6.45, 7) is 16.1. The van der Waals surface area contributed by atoms with Crippen LogP contribution in [0.2, 0.25) is 0 Å². The van der Waals surface area contributed by atoms with Crippen molar-refractivity contribution in [3.05, 3.63) is 87.7 Å². The minimum atomic E-state index is -0.470. The molecule has 0 fully saturated rings. The number of ether oxygens (including phenoxy) is 2. The Bertz CT molecular complexity index is 2460. The highest BCUT2D eigenvalue weighted by Crippen LogP contribution is 2.42. The highest BCUT2D eigenvalue weighted by molar-refractivity contribution is 6.06. The van der Waals surface area contributed by atoms with E-state index in [1.807, 2.05) is 51.1 Å². The van der Waals surface area contributed by atoms with E-state index in [1.54, 1.807) is 7.05 Å². The SMILES string of the molecule is CCCCCC(C)CCCC(C)CCCC1CCc2c(C)c(OC(=O)CCC(=O)N(C)CC(=O)NCc3ccc(Cn4c(CCCC)nc5c(N)nc6ccccc6c54)cc3)c(C)c(C)c2O1. The molecule has 11 nitrogen and oxygen atoms in total. The number of nitrogens with one attached hydrogen (secondary N) is 1. The summed E-state index contributed by atoms with van der Waals surface area (Å²) >= 11 is 0. The lowest BCUT2D eigenvalue weighted by atomic mass is 9.89. The number of rotatable bonds is 25. The number of fused-ring (bicyclic) bond motifs is 4. The van der Waals surface area contributed by atoms with Gasteiger partial charge in [0.25, 0.3) is 0 Å². The maximum absolute atomic E-state index is 13.2. The Morgan fingerprint density at radius 3 is 2.27 bits per heavy atom. The number of esters is 1. The van der Waals surface area contributed by atoms with Crippen LogP contribution in [0, 0.1) is 32.6 Å². The molecule has 0 bridgehead atoms. The van der Waals surface area contributed by atoms with Gasteiger partial charge in [0.2, 0.25) is 11.8 Å². The van der Waals surface area contributed by atoms with Crippen molar-refractivity contribution in [2.45, 2.75) is 177 Å². The van der Waals surface area contributed by atoms with Crippen molar-refractivity contribution in [2.75, 3.05) is 19.3 Å². The van der Waals surface area contributed by atoms with E-state index in [0.29, 0.717) is 24.7 Å². The van der Waals surface area contributed by atoms with Gasteiger partial charge in [0, 0.05) is 43.9 Å². The number of unbranched alkanes of at least 4 members (excludes halogenated alkanes) is 3. The number of para-hydroxylation sites is 1. The molecule has 3 heterocycles. The summed E-state index contributed by atoms with van der Waals surface area (Å²) in [5.74, 6) is 3.46. The summed E-state index contributed by atoms with van der Waals surface area (Å²) < 4.78 is 14.8. The Hall–Kier alpha value is -5.45. The zero-order valence-electron chi connectivity index (χ0n) is 41.9. The summed E-state index contributed by atoms with van der Waals surface area (Å²) in [5.41, 5.74) is 14.9. The molecule has 0 saturated heterocycles. The molecule has 1 aliphatic rings. The fraction of sp³-hybridized carbons (Fsp3) is 0.554. The smallest absolute Gasteiger partial charge is 0.311 e. The minimum Gasteiger partial charge on any atom is -0.490 e. The van der Waals surface area contributed by atoms with Gasteiger partial charge in [0.1, 0.15) is 22.8 Å². The molecule has 362 valence electrons. The summed E-state index contributed by atoms with van der Waals surface area (Å²) in [6, 6.07) is 16.2. The van der Waals surface area contributed by atoms with E-state index in [-0.39, 0.29) is 37.3 Å². The van der Waals surface area contributed by atoms with Crippen LogP contribution in [0.5, 0.6) is 11.5 Å². The average Bonchev–Trinajstić information content (AvgIpc) is 3.68. The van der Waals surface area contributed by atoms with Gasteiger partial charge < -0.3 is 30.0 Å². The molecule has 0 radical (unpaired) electrons. The number of nitrogen functional groups attached to an aromatic ring is 1. The number of hydrogen-bond donors (Lipinski definition) is 2. The molecule has 3 N–H and O–H groups in total. The molecule has 5 aromatic rings. The molecule has 6 rings (SSSR count). The van der Waals surface area contributed by atoms with Gasteiger partial charge in [-0.2, -0.15) is 0 Å². The van der Waals surface area contributed by atoms with Crippen LogP contribution in [0.1, 0.15) is 163 Å². The van der Waals surface area contributed by atoms with E-state index in [2.05, 4.69) is 60.8 Å². The normalized spacial score (nSPS) is 14.4. The highest BCUT2D eigenvalue weighted by Gasteiger charge is 2.28. The number of hydrogen-bond acceptors (Lipinski definition) is 8. The molecule has 0 spiro atoms. The molecule has 2 aromatic heterocycles. The summed E-state index contributed by atoms with van der Waals surface area (Å²) in [7, 11) is 1.58. The third-order valence-corrected chi connectivity index (χ3v) is 14.1. The van der Waals surface area contributed by atoms with Crippen molar-refractivity contribution in [3.8, 4) is 11.5 Å². The van der Waals surface area contributed by atoms with Crippen LogP contribution in [-0.2, 0) is 40.3 Å². The second-order valence-electron chi connectivity index (χ2n) is 19.6. The molecular formula is C56H78N6O5. The van der Waals surface area contributed by atoms with Crippen LogP contribution >= 0.6 is 0 Å². The molecule has 11 heteroatoms. The number of carbonyl (C=O) groups excluding carboxylic acids is 3. The van der Waals surface area contributed by atoms with Gasteiger partial charge in [-0.1, -0.05) is 128 Å². The molecule has 2 amide bonds. The number of benzene rings is 3. The minimum absolute atomic E-state index is 0.0566. The van der Waals surface area contributed by atoms with E-state index >= 15 is 0 Å². The molecule has 3 unspecified atom stereocenters. The molecule has 67 heavy (non-hydrogen) atoms. The lowest BCUT2D eigenvalue weighted by Crippen LogP contribution is -2.38. The number of imidazole rings is 1. The van der Waals surface area contributed by atoms with Gasteiger partial charge in [-0.3, -0.25) is 14.4 Å². The highest BCUT2D eigenvalue weighted by atomic mass is 16.5. The first-order chi connectivity index (χ1) is 32.3. The van der Waals surface area contributed by atoms with Crippen LogP contribution in [0.15, 0.2) is 48.5 Å². The second-order valence-corrected chi connectivity index (χ2v) is 19.6. The Labute approximate surface area is 400 Å². The Morgan fingerprint density at radius 2 is 1.54 bits per heavy atom. The lowest BCUT2D eigenvalue weighted by molar-refractivity contribution is -0.139. The zero-order chi connectivity index (χ0) is 48.0. The quantitative estimate of drug-likeness (QED) is 0.0335. The average molecular weight is 915 g/mol. The fourth-order valence-electron chi connectivity index (χ4n) is 9.71. The van der Waals surface area contributed by atoms with Crippen LogP contribution < -0.4 is 20.5 Å². The van der Waals surface area contributed by atoms with Gasteiger partial charge in [-0.05, 0) is 98.6 Å². The van der Waals surface area contributed by atoms with Crippen LogP contribution in [0.3, 0.4) is 0 Å². The van der Waals surface area contributed by atoms with Crippen LogP contribution in [0.25, 0.3) is 21.9 Å². The number of nitrogens with two attached hydrogens (primary N) is 1. The number of nitrogens with zero attached hydrogens (tertiary/aromatic N) is 4. The predicted octanol–water partition coefficient (Wildman–Crippen LogP) is 11.8. The van der Waals surface area contributed by atoms with E-state index in [1.165, 1.54) is 62.7 Å². The van der Waals surface area contributed by atoms with E-state index in [4.69, 9.17) is 20.2 Å². The second kappa shape index (κ2) is 24.5. The standard InChI is InChI=1S/C56H78N6O5/c1-9-11-13-18-37(3)19-16-20-38(4)21-17-22-44-30-31-45-41(7)54(39(5)40(6)55(45)66-44)67-51(65)33-32-50(64)61(8)36-49(63)58-34-42-26-28-43(29-27-42)35-62-48(25-12-10-2)60-52-53(62)46-23-14-15-24-47(46)59-56(52)57/h14-15,23-24,26-29,37-38,44H,9-13,16-22,25,30-36H2,1-8H3,(H2,57,59)(H,58,63). The molecule has 3 atom stereocenters. The van der Waals surface area contributed by atoms with Crippen molar-refractivity contribution >= 4 is 45.5 Å². The Morgan fingerprint density at radius 1 is 0.851 bits per heavy atom. The van der Waals surface area contributed by atoms with Gasteiger partial charge >= 0.3 is 5.97 Å². The molecule has 0 aliphatic carbocycles. The number of carbonyl (C=O) groups is 3. The van der Waals surface area contributed by atoms with Gasteiger partial charge in [-0.25, -0.2) is 9.97 Å². The fourth-order valence-corrected chi connectivity index (χ4v) is 9.71. The number of anilines is 1. The van der Waals surface area contributed by atoms with E-state index < -0.39 is 5.97 Å². The largest absolute Gasteiger partial charge is 0.490 e. The number of likely N-dealkylation sites (N-methyl/N-ethyl adjacent to an activating group) is 1. The summed E-state index contributed by atoms with van der Waals surface area (Å²) in [5, 5.41) is 3.96. The van der Waals surface area contributed by atoms with Crippen molar-refractivity contribution in [3.63, 3.8) is 0 Å². The topological polar surface area (TPSA) is 142 Å². The first kappa shape index (κ1) is 51.0. The van der Waals surface area contributed by atoms with Crippen molar-refractivity contribution in [1.82, 2.24) is 24.8 Å². The zero-order valence-corrected chi connectivity index (χ0v) is 41.9. The molecule has 1 aliphatic heterocycles. The van der Waals surface area contributed by atoms with E-state index in [9.17, 15) is 14.4 Å². The van der Waals surface area contributed by atoms with Gasteiger partial charge in [-0.15, -0.1) is 0 Å². The number of aryl methyl sites for hydroxylation is 1. The molecular weight excluding hydrogens is 837 g/mol. The van der Waals surface area contributed by atoms with Gasteiger partial charge in [0.15, 0.2) is 5.82 Å². The summed E-state index contributed by atoms with van der Waals surface area (Å²) in [4.78, 5) is 50.1. The van der Waals surface area contributed by atoms with E-state index in [0.717, 1.165) is 117 Å². The number of amides is 2. The molecule has 0 saturated carbocycles. The third-order valence-electron chi connectivity index (χ3n) is 14.1. The van der Waals surface area contributed by atoms with Crippen molar-refractivity contribution in [2.24, 2.45) is 11.8 Å². The van der Waals surface area contributed by atoms with Crippen molar-refractivity contribution in [1.29, 1.82) is 0 Å². The number of pyridine rings is 1. The first-order valence-electron chi connectivity index (χ1n) is 25.4. The monoisotopic (exact) mass is 915 g/mol.